The Morgan fingerprint density at radius 1 is 1.11 bits per heavy atom. The molecule has 0 amide bonds. The van der Waals surface area contributed by atoms with Gasteiger partial charge in [-0.2, -0.15) is 0 Å². The molecule has 1 fully saturated rings. The fourth-order valence-corrected chi connectivity index (χ4v) is 4.36. The number of hydrogen-bond acceptors (Lipinski definition) is 3. The smallest absolute Gasteiger partial charge is 0.271 e. The van der Waals surface area contributed by atoms with E-state index in [0.29, 0.717) is 15.9 Å². The number of fused-ring (bicyclic) bond motifs is 2. The zero-order valence-electron chi connectivity index (χ0n) is 14.2. The van der Waals surface area contributed by atoms with Crippen molar-refractivity contribution in [2.24, 2.45) is 0 Å². The predicted octanol–water partition coefficient (Wildman–Crippen LogP) is 4.55. The fraction of sp³-hybridized carbons (Fsp3) is 0.143. The molecule has 2 aromatic carbocycles. The summed E-state index contributed by atoms with van der Waals surface area (Å²) in [5.74, 6) is -0.472. The lowest BCUT2D eigenvalue weighted by molar-refractivity contribution is 0.626. The Morgan fingerprint density at radius 2 is 1.89 bits per heavy atom. The third kappa shape index (κ3) is 2.64. The van der Waals surface area contributed by atoms with Gasteiger partial charge in [0.25, 0.3) is 5.56 Å². The first-order chi connectivity index (χ1) is 13.1. The Balaban J connectivity index is 1.79. The topological polar surface area (TPSA) is 54.9 Å². The van der Waals surface area contributed by atoms with Gasteiger partial charge in [0.05, 0.1) is 5.52 Å². The zero-order chi connectivity index (χ0) is 18.5. The van der Waals surface area contributed by atoms with Crippen LogP contribution < -0.4 is 11.0 Å². The van der Waals surface area contributed by atoms with Gasteiger partial charge in [0.2, 0.25) is 5.43 Å². The number of rotatable bonds is 3. The van der Waals surface area contributed by atoms with Crippen molar-refractivity contribution in [2.75, 3.05) is 0 Å². The molecule has 0 saturated heterocycles. The van der Waals surface area contributed by atoms with Crippen LogP contribution in [0.5, 0.6) is 0 Å². The van der Waals surface area contributed by atoms with Crippen LogP contribution in [-0.4, -0.2) is 8.94 Å². The molecule has 4 aromatic rings. The maximum Gasteiger partial charge on any atom is 0.271 e. The molecule has 0 radical (unpaired) electrons. The molecule has 0 atom stereocenters. The second-order valence-corrected chi connectivity index (χ2v) is 7.57. The van der Waals surface area contributed by atoms with Crippen molar-refractivity contribution in [2.45, 2.75) is 18.9 Å². The molecule has 1 N–H and O–H groups in total. The van der Waals surface area contributed by atoms with Gasteiger partial charge in [0.1, 0.15) is 16.0 Å². The number of nitrogens with zero attached hydrogens (tertiary/aromatic N) is 1. The molecule has 1 saturated carbocycles. The number of pyridine rings is 1. The first-order valence-electron chi connectivity index (χ1n) is 8.75. The summed E-state index contributed by atoms with van der Waals surface area (Å²) >= 11 is 1.17. The van der Waals surface area contributed by atoms with Crippen LogP contribution in [0.1, 0.15) is 30.0 Å². The van der Waals surface area contributed by atoms with Crippen molar-refractivity contribution in [1.29, 1.82) is 0 Å². The van der Waals surface area contributed by atoms with Gasteiger partial charge in [-0.1, -0.05) is 42.5 Å². The molecule has 27 heavy (non-hydrogen) atoms. The van der Waals surface area contributed by atoms with Gasteiger partial charge in [-0.3, -0.25) is 14.0 Å². The highest BCUT2D eigenvalue weighted by Gasteiger charge is 2.29. The van der Waals surface area contributed by atoms with Gasteiger partial charge in [-0.25, -0.2) is 4.39 Å². The summed E-state index contributed by atoms with van der Waals surface area (Å²) in [4.78, 5) is 25.5. The van der Waals surface area contributed by atoms with Crippen LogP contribution in [0, 0.1) is 5.82 Å². The summed E-state index contributed by atoms with van der Waals surface area (Å²) in [6, 6.07) is 12.9. The Morgan fingerprint density at radius 3 is 2.63 bits per heavy atom. The number of hydrogen-bond donors (Lipinski definition) is 1. The Bertz CT molecular complexity index is 1330. The number of nitrogens with one attached hydrogen (secondary N) is 1. The molecule has 2 aromatic heterocycles. The molecule has 1 aliphatic rings. The largest absolute Gasteiger partial charge is 0.328 e. The van der Waals surface area contributed by atoms with Gasteiger partial charge >= 0.3 is 0 Å². The predicted molar refractivity (Wildman–Crippen MR) is 108 cm³/mol. The molecule has 5 rings (SSSR count). The van der Waals surface area contributed by atoms with Crippen molar-refractivity contribution in [1.82, 2.24) is 8.94 Å². The van der Waals surface area contributed by atoms with Crippen LogP contribution >= 0.6 is 11.5 Å². The molecule has 1 aliphatic carbocycles. The maximum absolute atomic E-state index is 14.7. The number of aromatic nitrogens is 2. The van der Waals surface area contributed by atoms with Crippen molar-refractivity contribution < 1.29 is 4.39 Å². The number of halogens is 1. The molecule has 0 aliphatic heterocycles. The van der Waals surface area contributed by atoms with E-state index >= 15 is 0 Å². The second-order valence-electron chi connectivity index (χ2n) is 6.78. The van der Waals surface area contributed by atoms with E-state index in [1.807, 2.05) is 41.0 Å². The average molecular weight is 378 g/mol. The van der Waals surface area contributed by atoms with Gasteiger partial charge in [0.15, 0.2) is 0 Å². The SMILES string of the molecule is O=c1[nH]sc2c1c(=O)c1cc(F)c(/C=C/c3ccccc3)cc1n2C1CC1. The summed E-state index contributed by atoms with van der Waals surface area (Å²) in [6.07, 6.45) is 5.55. The first kappa shape index (κ1) is 16.2. The minimum atomic E-state index is -0.472. The Labute approximate surface area is 157 Å². The third-order valence-electron chi connectivity index (χ3n) is 4.91. The third-order valence-corrected chi connectivity index (χ3v) is 5.79. The number of aromatic amines is 1. The molecule has 0 bridgehead atoms. The molecular formula is C21H15FN2O2S. The van der Waals surface area contributed by atoms with Crippen molar-refractivity contribution in [3.05, 3.63) is 80.0 Å². The van der Waals surface area contributed by atoms with E-state index in [1.54, 1.807) is 12.1 Å². The van der Waals surface area contributed by atoms with E-state index in [0.717, 1.165) is 18.4 Å². The normalized spacial score (nSPS) is 14.6. The lowest BCUT2D eigenvalue weighted by atomic mass is 10.1. The van der Waals surface area contributed by atoms with Crippen LogP contribution in [0.25, 0.3) is 33.3 Å². The Kier molecular flexibility index (Phi) is 3.62. The lowest BCUT2D eigenvalue weighted by Gasteiger charge is -2.12. The first-order valence-corrected chi connectivity index (χ1v) is 9.57. The molecular weight excluding hydrogens is 363 g/mol. The van der Waals surface area contributed by atoms with Gasteiger partial charge in [-0.05, 0) is 42.1 Å². The highest BCUT2D eigenvalue weighted by molar-refractivity contribution is 7.12. The standard InChI is InChI=1S/C21H15FN2O2S/c22-16-11-15-17(10-13(16)7-6-12-4-2-1-3-5-12)24(14-8-9-14)21-18(19(15)25)20(26)23-27-21/h1-7,10-11,14H,8-9H2,(H,23,26)/b7-6+. The summed E-state index contributed by atoms with van der Waals surface area (Å²) in [7, 11) is 0. The van der Waals surface area contributed by atoms with E-state index in [2.05, 4.69) is 4.37 Å². The van der Waals surface area contributed by atoms with Crippen molar-refractivity contribution in [3.63, 3.8) is 0 Å². The molecule has 4 nitrogen and oxygen atoms in total. The molecule has 134 valence electrons. The summed E-state index contributed by atoms with van der Waals surface area (Å²) in [5, 5.41) is 0.388. The number of H-pyrrole nitrogens is 1. The minimum absolute atomic E-state index is 0.131. The fourth-order valence-electron chi connectivity index (χ4n) is 3.44. The zero-order valence-corrected chi connectivity index (χ0v) is 15.1. The van der Waals surface area contributed by atoms with Crippen LogP contribution in [0.4, 0.5) is 4.39 Å². The van der Waals surface area contributed by atoms with Crippen LogP contribution in [-0.2, 0) is 0 Å². The molecule has 0 unspecified atom stereocenters. The molecule has 2 heterocycles. The van der Waals surface area contributed by atoms with Crippen LogP contribution in [0.3, 0.4) is 0 Å². The summed E-state index contributed by atoms with van der Waals surface area (Å²) < 4.78 is 19.4. The van der Waals surface area contributed by atoms with Gasteiger partial charge in [-0.15, -0.1) is 0 Å². The highest BCUT2D eigenvalue weighted by Crippen LogP contribution is 2.40. The quantitative estimate of drug-likeness (QED) is 0.532. The van der Waals surface area contributed by atoms with Crippen molar-refractivity contribution in [3.8, 4) is 0 Å². The summed E-state index contributed by atoms with van der Waals surface area (Å²) in [6.45, 7) is 0. The highest BCUT2D eigenvalue weighted by atomic mass is 32.1. The van der Waals surface area contributed by atoms with Crippen LogP contribution in [0.15, 0.2) is 52.1 Å². The monoisotopic (exact) mass is 378 g/mol. The van der Waals surface area contributed by atoms with Gasteiger partial charge < -0.3 is 4.57 Å². The molecule has 6 heteroatoms. The lowest BCUT2D eigenvalue weighted by Crippen LogP contribution is -2.15. The average Bonchev–Trinajstić information content (AvgIpc) is 3.44. The van der Waals surface area contributed by atoms with E-state index in [4.69, 9.17) is 0 Å². The van der Waals surface area contributed by atoms with Crippen molar-refractivity contribution >= 4 is 44.8 Å². The minimum Gasteiger partial charge on any atom is -0.328 e. The van der Waals surface area contributed by atoms with Crippen LogP contribution in [0.2, 0.25) is 0 Å². The second kappa shape index (κ2) is 6.03. The molecule has 0 spiro atoms. The van der Waals surface area contributed by atoms with E-state index in [9.17, 15) is 14.0 Å². The Hall–Kier alpha value is -2.99. The van der Waals surface area contributed by atoms with E-state index < -0.39 is 16.8 Å². The van der Waals surface area contributed by atoms with E-state index in [-0.39, 0.29) is 16.8 Å². The van der Waals surface area contributed by atoms with E-state index in [1.165, 1.54) is 17.6 Å². The summed E-state index contributed by atoms with van der Waals surface area (Å²) in [5.41, 5.74) is 1.26. The maximum atomic E-state index is 14.7. The number of benzene rings is 2. The van der Waals surface area contributed by atoms with Gasteiger partial charge in [0, 0.05) is 17.0 Å².